The molecular weight excluding hydrogens is 438 g/mol. The van der Waals surface area contributed by atoms with Gasteiger partial charge in [0.25, 0.3) is 0 Å². The molecular formula is C33H43N3. The Labute approximate surface area is 218 Å². The second-order valence-electron chi connectivity index (χ2n) is 11.0. The molecule has 0 saturated heterocycles. The van der Waals surface area contributed by atoms with Crippen LogP contribution in [0.25, 0.3) is 0 Å². The van der Waals surface area contributed by atoms with E-state index >= 15 is 0 Å². The quantitative estimate of drug-likeness (QED) is 0.295. The predicted octanol–water partition coefficient (Wildman–Crippen LogP) is 9.86. The van der Waals surface area contributed by atoms with Crippen LogP contribution in [0.4, 0.5) is 11.4 Å². The number of aromatic nitrogens is 1. The molecule has 190 valence electrons. The molecule has 0 aliphatic rings. The zero-order valence-electron chi connectivity index (χ0n) is 23.8. The molecule has 0 aliphatic heterocycles. The summed E-state index contributed by atoms with van der Waals surface area (Å²) >= 11 is 0. The first-order valence-corrected chi connectivity index (χ1v) is 13.3. The van der Waals surface area contributed by atoms with Gasteiger partial charge in [-0.1, -0.05) is 85.7 Å². The van der Waals surface area contributed by atoms with E-state index < -0.39 is 0 Å². The highest BCUT2D eigenvalue weighted by molar-refractivity contribution is 6.02. The maximum absolute atomic E-state index is 5.06. The molecule has 0 saturated carbocycles. The number of rotatable bonds is 8. The third-order valence-electron chi connectivity index (χ3n) is 6.70. The number of pyridine rings is 1. The normalized spacial score (nSPS) is 12.9. The maximum Gasteiger partial charge on any atom is 0.0849 e. The smallest absolute Gasteiger partial charge is 0.0849 e. The van der Waals surface area contributed by atoms with Gasteiger partial charge in [0, 0.05) is 0 Å². The predicted molar refractivity (Wildman–Crippen MR) is 157 cm³/mol. The number of hydrogen-bond donors (Lipinski definition) is 0. The highest BCUT2D eigenvalue weighted by atomic mass is 14.8. The second-order valence-corrected chi connectivity index (χ2v) is 11.0. The zero-order valence-corrected chi connectivity index (χ0v) is 23.8. The van der Waals surface area contributed by atoms with Gasteiger partial charge in [-0.05, 0) is 84.0 Å². The minimum atomic E-state index is 0.403. The van der Waals surface area contributed by atoms with E-state index in [1.807, 2.05) is 26.0 Å². The lowest BCUT2D eigenvalue weighted by molar-refractivity contribution is 0.791. The minimum absolute atomic E-state index is 0.403. The summed E-state index contributed by atoms with van der Waals surface area (Å²) < 4.78 is 0. The van der Waals surface area contributed by atoms with Crippen LogP contribution in [-0.4, -0.2) is 16.4 Å². The first kappa shape index (κ1) is 27.5. The minimum Gasteiger partial charge on any atom is -0.251 e. The van der Waals surface area contributed by atoms with Crippen LogP contribution in [0.1, 0.15) is 127 Å². The highest BCUT2D eigenvalue weighted by Gasteiger charge is 2.16. The molecule has 1 heterocycles. The molecule has 0 spiro atoms. The Morgan fingerprint density at radius 3 is 1.22 bits per heavy atom. The van der Waals surface area contributed by atoms with E-state index in [1.54, 1.807) is 0 Å². The molecule has 0 atom stereocenters. The molecule has 0 fully saturated rings. The fourth-order valence-corrected chi connectivity index (χ4v) is 4.91. The molecule has 0 unspecified atom stereocenters. The van der Waals surface area contributed by atoms with E-state index in [2.05, 4.69) is 97.9 Å². The van der Waals surface area contributed by atoms with Gasteiger partial charge >= 0.3 is 0 Å². The Bertz CT molecular complexity index is 1160. The van der Waals surface area contributed by atoms with Gasteiger partial charge in [-0.15, -0.1) is 0 Å². The van der Waals surface area contributed by atoms with Crippen molar-refractivity contribution in [1.82, 2.24) is 4.98 Å². The van der Waals surface area contributed by atoms with Gasteiger partial charge < -0.3 is 0 Å². The molecule has 36 heavy (non-hydrogen) atoms. The lowest BCUT2D eigenvalue weighted by Gasteiger charge is -2.19. The van der Waals surface area contributed by atoms with Crippen molar-refractivity contribution in [2.24, 2.45) is 9.98 Å². The summed E-state index contributed by atoms with van der Waals surface area (Å²) in [7, 11) is 0. The third-order valence-corrected chi connectivity index (χ3v) is 6.70. The SMILES string of the molecule is CC(=Nc1cccc(C(C)C)c1C(C)C)c1cccc(C(C)=Nc2cccc(C(C)C)c2C(C)C)n1. The van der Waals surface area contributed by atoms with Gasteiger partial charge in [0.1, 0.15) is 0 Å². The molecule has 0 amide bonds. The van der Waals surface area contributed by atoms with Crippen LogP contribution in [0.2, 0.25) is 0 Å². The molecule has 3 heteroatoms. The van der Waals surface area contributed by atoms with Crippen molar-refractivity contribution in [1.29, 1.82) is 0 Å². The summed E-state index contributed by atoms with van der Waals surface area (Å²) in [5.41, 5.74) is 11.1. The number of aliphatic imine (C=N–C) groups is 2. The fourth-order valence-electron chi connectivity index (χ4n) is 4.91. The van der Waals surface area contributed by atoms with Crippen LogP contribution < -0.4 is 0 Å². The standard InChI is InChI=1S/C33H43N3/c1-20(2)26-14-11-18-30(32(26)22(5)6)34-24(9)28-16-13-17-29(36-28)25(10)35-31-19-12-15-27(21(3)4)33(31)23(7)8/h11-23H,1-10H3. The van der Waals surface area contributed by atoms with Gasteiger partial charge in [0.15, 0.2) is 0 Å². The lowest BCUT2D eigenvalue weighted by atomic mass is 9.89. The number of hydrogen-bond acceptors (Lipinski definition) is 3. The van der Waals surface area contributed by atoms with Crippen LogP contribution in [0.3, 0.4) is 0 Å². The maximum atomic E-state index is 5.06. The van der Waals surface area contributed by atoms with Crippen LogP contribution in [0, 0.1) is 0 Å². The Hall–Kier alpha value is -3.07. The average Bonchev–Trinajstić information content (AvgIpc) is 2.83. The summed E-state index contributed by atoms with van der Waals surface area (Å²) in [4.78, 5) is 15.1. The summed E-state index contributed by atoms with van der Waals surface area (Å²) in [5, 5.41) is 0. The van der Waals surface area contributed by atoms with Crippen LogP contribution >= 0.6 is 0 Å². The van der Waals surface area contributed by atoms with Crippen molar-refractivity contribution in [2.45, 2.75) is 92.9 Å². The van der Waals surface area contributed by atoms with Crippen molar-refractivity contribution in [2.75, 3.05) is 0 Å². The molecule has 0 bridgehead atoms. The lowest BCUT2D eigenvalue weighted by Crippen LogP contribution is -2.06. The van der Waals surface area contributed by atoms with E-state index in [0.29, 0.717) is 23.7 Å². The zero-order chi connectivity index (χ0) is 26.6. The third kappa shape index (κ3) is 6.19. The molecule has 2 aromatic carbocycles. The van der Waals surface area contributed by atoms with Crippen molar-refractivity contribution < 1.29 is 0 Å². The van der Waals surface area contributed by atoms with Gasteiger partial charge in [0.05, 0.1) is 34.2 Å². The largest absolute Gasteiger partial charge is 0.251 e. The van der Waals surface area contributed by atoms with Gasteiger partial charge in [-0.2, -0.15) is 0 Å². The fraction of sp³-hybridized carbons (Fsp3) is 0.424. The van der Waals surface area contributed by atoms with E-state index in [1.165, 1.54) is 22.3 Å². The van der Waals surface area contributed by atoms with Crippen LogP contribution in [0.5, 0.6) is 0 Å². The molecule has 0 radical (unpaired) electrons. The van der Waals surface area contributed by atoms with Gasteiger partial charge in [0.2, 0.25) is 0 Å². The molecule has 0 N–H and O–H groups in total. The van der Waals surface area contributed by atoms with E-state index in [0.717, 1.165) is 34.2 Å². The van der Waals surface area contributed by atoms with E-state index in [4.69, 9.17) is 15.0 Å². The van der Waals surface area contributed by atoms with Crippen molar-refractivity contribution in [3.8, 4) is 0 Å². The van der Waals surface area contributed by atoms with Crippen LogP contribution in [-0.2, 0) is 0 Å². The Balaban J connectivity index is 2.03. The molecule has 3 aromatic rings. The first-order valence-electron chi connectivity index (χ1n) is 13.3. The number of nitrogens with zero attached hydrogens (tertiary/aromatic N) is 3. The van der Waals surface area contributed by atoms with Gasteiger partial charge in [-0.25, -0.2) is 4.98 Å². The average molecular weight is 482 g/mol. The molecule has 3 rings (SSSR count). The van der Waals surface area contributed by atoms with Crippen molar-refractivity contribution in [3.05, 3.63) is 88.2 Å². The van der Waals surface area contributed by atoms with E-state index in [9.17, 15) is 0 Å². The topological polar surface area (TPSA) is 37.6 Å². The number of benzene rings is 2. The van der Waals surface area contributed by atoms with Gasteiger partial charge in [-0.3, -0.25) is 9.98 Å². The summed E-state index contributed by atoms with van der Waals surface area (Å²) in [6, 6.07) is 19.1. The Kier molecular flexibility index (Phi) is 9.00. The van der Waals surface area contributed by atoms with E-state index in [-0.39, 0.29) is 0 Å². The Morgan fingerprint density at radius 1 is 0.528 bits per heavy atom. The molecule has 0 aliphatic carbocycles. The van der Waals surface area contributed by atoms with Crippen molar-refractivity contribution in [3.63, 3.8) is 0 Å². The molecule has 1 aromatic heterocycles. The Morgan fingerprint density at radius 2 is 0.889 bits per heavy atom. The van der Waals surface area contributed by atoms with Crippen molar-refractivity contribution >= 4 is 22.8 Å². The molecule has 3 nitrogen and oxygen atoms in total. The summed E-state index contributed by atoms with van der Waals surface area (Å²) in [6.45, 7) is 22.1. The summed E-state index contributed by atoms with van der Waals surface area (Å²) in [5.74, 6) is 1.73. The first-order chi connectivity index (χ1) is 17.0. The monoisotopic (exact) mass is 481 g/mol. The highest BCUT2D eigenvalue weighted by Crippen LogP contribution is 2.35. The van der Waals surface area contributed by atoms with Crippen LogP contribution in [0.15, 0.2) is 64.6 Å². The summed E-state index contributed by atoms with van der Waals surface area (Å²) in [6.07, 6.45) is 0. The second kappa shape index (κ2) is 11.8.